The summed E-state index contributed by atoms with van der Waals surface area (Å²) in [7, 11) is 0. The van der Waals surface area contributed by atoms with E-state index in [0.29, 0.717) is 36.4 Å². The van der Waals surface area contributed by atoms with E-state index >= 15 is 0 Å². The van der Waals surface area contributed by atoms with Crippen LogP contribution in [0.3, 0.4) is 0 Å². The summed E-state index contributed by atoms with van der Waals surface area (Å²) in [6, 6.07) is 8.92. The molecule has 1 unspecified atom stereocenters. The van der Waals surface area contributed by atoms with Crippen molar-refractivity contribution in [2.75, 3.05) is 29.9 Å². The Kier molecular flexibility index (Phi) is 4.23. The number of nitrogens with zero attached hydrogens (tertiary/aromatic N) is 5. The molecule has 1 aromatic carbocycles. The van der Waals surface area contributed by atoms with Gasteiger partial charge in [0.2, 0.25) is 0 Å². The topological polar surface area (TPSA) is 117 Å². The van der Waals surface area contributed by atoms with Crippen molar-refractivity contribution >= 4 is 29.1 Å². The second kappa shape index (κ2) is 7.04. The minimum atomic E-state index is -0.265. The summed E-state index contributed by atoms with van der Waals surface area (Å²) in [6.45, 7) is 2.04. The predicted molar refractivity (Wildman–Crippen MR) is 106 cm³/mol. The number of fused-ring (bicyclic) bond motifs is 2. The molecule has 4 heterocycles. The van der Waals surface area contributed by atoms with Crippen LogP contribution in [0.25, 0.3) is 5.65 Å². The molecule has 2 aliphatic heterocycles. The van der Waals surface area contributed by atoms with E-state index in [1.54, 1.807) is 23.0 Å². The molecule has 1 saturated heterocycles. The van der Waals surface area contributed by atoms with Gasteiger partial charge < -0.3 is 20.9 Å². The van der Waals surface area contributed by atoms with Crippen LogP contribution in [0.4, 0.5) is 16.3 Å². The van der Waals surface area contributed by atoms with Crippen molar-refractivity contribution < 1.29 is 9.59 Å². The van der Waals surface area contributed by atoms with E-state index in [1.807, 2.05) is 18.2 Å². The first-order valence-corrected chi connectivity index (χ1v) is 9.57. The molecule has 0 bridgehead atoms. The predicted octanol–water partition coefficient (Wildman–Crippen LogP) is 0.811. The van der Waals surface area contributed by atoms with Crippen molar-refractivity contribution in [1.82, 2.24) is 30.4 Å². The fraction of sp³-hybridized carbons (Fsp3) is 0.316. The van der Waals surface area contributed by atoms with Crippen LogP contribution in [-0.4, -0.2) is 57.4 Å². The monoisotopic (exact) mass is 392 g/mol. The summed E-state index contributed by atoms with van der Waals surface area (Å²) >= 11 is 0. The van der Waals surface area contributed by atoms with E-state index in [0.717, 1.165) is 24.3 Å². The number of rotatable bonds is 3. The first-order valence-electron chi connectivity index (χ1n) is 9.57. The van der Waals surface area contributed by atoms with Crippen LogP contribution >= 0.6 is 0 Å². The molecule has 2 aromatic heterocycles. The maximum absolute atomic E-state index is 12.5. The summed E-state index contributed by atoms with van der Waals surface area (Å²) in [5.74, 6) is 0.726. The highest BCUT2D eigenvalue weighted by Gasteiger charge is 2.26. The van der Waals surface area contributed by atoms with Crippen LogP contribution in [0.2, 0.25) is 0 Å². The molecule has 10 heteroatoms. The zero-order valence-corrected chi connectivity index (χ0v) is 15.6. The maximum atomic E-state index is 12.5. The van der Waals surface area contributed by atoms with Crippen LogP contribution in [0.1, 0.15) is 22.3 Å². The Morgan fingerprint density at radius 2 is 2.17 bits per heavy atom. The maximum Gasteiger partial charge on any atom is 0.319 e. The lowest BCUT2D eigenvalue weighted by atomic mass is 9.98. The largest absolute Gasteiger partial charge is 0.353 e. The van der Waals surface area contributed by atoms with Gasteiger partial charge in [0.05, 0.1) is 0 Å². The molecule has 0 radical (unpaired) electrons. The van der Waals surface area contributed by atoms with Crippen molar-refractivity contribution in [1.29, 1.82) is 0 Å². The normalized spacial score (nSPS) is 18.4. The molecular weight excluding hydrogens is 372 g/mol. The Bertz CT molecular complexity index is 1090. The number of benzene rings is 1. The van der Waals surface area contributed by atoms with E-state index < -0.39 is 0 Å². The highest BCUT2D eigenvalue weighted by Crippen LogP contribution is 2.23. The number of carbonyl (C=O) groups is 2. The molecule has 29 heavy (non-hydrogen) atoms. The lowest BCUT2D eigenvalue weighted by Crippen LogP contribution is -2.40. The van der Waals surface area contributed by atoms with Gasteiger partial charge in [0, 0.05) is 36.9 Å². The number of hydrogen-bond donors (Lipinski definition) is 3. The SMILES string of the molecule is O=C(Nc1cccc2c1CCNC2=O)NC1CCN(c2ccc3nncn3n2)C1. The van der Waals surface area contributed by atoms with Crippen LogP contribution in [-0.2, 0) is 6.42 Å². The summed E-state index contributed by atoms with van der Waals surface area (Å²) < 4.78 is 1.64. The average molecular weight is 392 g/mol. The Hall–Kier alpha value is -3.69. The number of anilines is 2. The van der Waals surface area contributed by atoms with Crippen LogP contribution < -0.4 is 20.9 Å². The van der Waals surface area contributed by atoms with Gasteiger partial charge >= 0.3 is 6.03 Å². The fourth-order valence-corrected chi connectivity index (χ4v) is 3.90. The molecule has 148 valence electrons. The fourth-order valence-electron chi connectivity index (χ4n) is 3.90. The summed E-state index contributed by atoms with van der Waals surface area (Å²) in [5.41, 5.74) is 2.88. The minimum absolute atomic E-state index is 0.0104. The minimum Gasteiger partial charge on any atom is -0.353 e. The van der Waals surface area contributed by atoms with Crippen LogP contribution in [0.5, 0.6) is 0 Å². The van der Waals surface area contributed by atoms with E-state index in [1.165, 1.54) is 0 Å². The first-order chi connectivity index (χ1) is 14.2. The van der Waals surface area contributed by atoms with E-state index in [9.17, 15) is 9.59 Å². The third-order valence-electron chi connectivity index (χ3n) is 5.32. The van der Waals surface area contributed by atoms with Gasteiger partial charge in [-0.1, -0.05) is 6.07 Å². The van der Waals surface area contributed by atoms with Gasteiger partial charge in [0.1, 0.15) is 12.1 Å². The second-order valence-corrected chi connectivity index (χ2v) is 7.19. The van der Waals surface area contributed by atoms with Gasteiger partial charge in [-0.25, -0.2) is 4.79 Å². The van der Waals surface area contributed by atoms with Gasteiger partial charge in [-0.15, -0.1) is 15.3 Å². The quantitative estimate of drug-likeness (QED) is 0.607. The van der Waals surface area contributed by atoms with Gasteiger partial charge in [-0.05, 0) is 42.7 Å². The smallest absolute Gasteiger partial charge is 0.319 e. The Morgan fingerprint density at radius 3 is 3.10 bits per heavy atom. The molecule has 0 aliphatic carbocycles. The van der Waals surface area contributed by atoms with Crippen LogP contribution in [0, 0.1) is 0 Å². The number of nitrogens with one attached hydrogen (secondary N) is 3. The number of aromatic nitrogens is 4. The third-order valence-corrected chi connectivity index (χ3v) is 5.32. The number of amides is 3. The Labute approximate surface area is 166 Å². The molecule has 3 N–H and O–H groups in total. The molecule has 2 aliphatic rings. The van der Waals surface area contributed by atoms with Gasteiger partial charge in [0.15, 0.2) is 5.65 Å². The molecule has 10 nitrogen and oxygen atoms in total. The average Bonchev–Trinajstić information content (AvgIpc) is 3.37. The van der Waals surface area contributed by atoms with Crippen molar-refractivity contribution in [3.63, 3.8) is 0 Å². The number of hydrogen-bond acceptors (Lipinski definition) is 6. The molecule has 0 saturated carbocycles. The Morgan fingerprint density at radius 1 is 1.24 bits per heavy atom. The lowest BCUT2D eigenvalue weighted by Gasteiger charge is -2.21. The standard InChI is InChI=1S/C19H20N8O2/c28-18-14-2-1-3-15(13(14)6-8-20-18)23-19(29)22-12-7-9-26(10-12)17-5-4-16-24-21-11-27(16)25-17/h1-5,11-12H,6-10H2,(H,20,28)(H2,22,23,29). The molecule has 3 amide bonds. The molecule has 1 fully saturated rings. The highest BCUT2D eigenvalue weighted by molar-refractivity contribution is 6.00. The van der Waals surface area contributed by atoms with Crippen molar-refractivity contribution in [2.24, 2.45) is 0 Å². The summed E-state index contributed by atoms with van der Waals surface area (Å²) in [4.78, 5) is 26.6. The molecular formula is C19H20N8O2. The Balaban J connectivity index is 1.23. The summed E-state index contributed by atoms with van der Waals surface area (Å²) in [6.07, 6.45) is 3.09. The van der Waals surface area contributed by atoms with Crippen molar-refractivity contribution in [3.05, 3.63) is 47.8 Å². The van der Waals surface area contributed by atoms with Gasteiger partial charge in [-0.3, -0.25) is 4.79 Å². The van der Waals surface area contributed by atoms with Crippen molar-refractivity contribution in [3.8, 4) is 0 Å². The molecule has 3 aromatic rings. The number of carbonyl (C=O) groups excluding carboxylic acids is 2. The van der Waals surface area contributed by atoms with E-state index in [4.69, 9.17) is 0 Å². The molecule has 0 spiro atoms. The van der Waals surface area contributed by atoms with E-state index in [2.05, 4.69) is 36.1 Å². The zero-order chi connectivity index (χ0) is 19.8. The zero-order valence-electron chi connectivity index (χ0n) is 15.6. The lowest BCUT2D eigenvalue weighted by molar-refractivity contribution is 0.0946. The molecule has 5 rings (SSSR count). The van der Waals surface area contributed by atoms with Gasteiger partial charge in [0.25, 0.3) is 5.91 Å². The van der Waals surface area contributed by atoms with E-state index in [-0.39, 0.29) is 18.0 Å². The number of urea groups is 1. The first kappa shape index (κ1) is 17.4. The summed E-state index contributed by atoms with van der Waals surface area (Å²) in [5, 5.41) is 21.1. The third kappa shape index (κ3) is 3.33. The highest BCUT2D eigenvalue weighted by atomic mass is 16.2. The van der Waals surface area contributed by atoms with Crippen molar-refractivity contribution in [2.45, 2.75) is 18.9 Å². The second-order valence-electron chi connectivity index (χ2n) is 7.19. The molecule has 1 atom stereocenters. The van der Waals surface area contributed by atoms with Crippen LogP contribution in [0.15, 0.2) is 36.7 Å². The van der Waals surface area contributed by atoms with Gasteiger partial charge in [-0.2, -0.15) is 4.52 Å².